The summed E-state index contributed by atoms with van der Waals surface area (Å²) in [6.45, 7) is 0.750. The van der Waals surface area contributed by atoms with Gasteiger partial charge in [-0.15, -0.1) is 13.2 Å². The first-order valence-electron chi connectivity index (χ1n) is 8.16. The fourth-order valence-corrected chi connectivity index (χ4v) is 4.64. The first kappa shape index (κ1) is 18.7. The zero-order valence-electron chi connectivity index (χ0n) is 13.8. The predicted octanol–water partition coefficient (Wildman–Crippen LogP) is 4.15. The van der Waals surface area contributed by atoms with Gasteiger partial charge in [0.1, 0.15) is 5.75 Å². The Hall–Kier alpha value is -2.06. The fraction of sp³-hybridized carbons (Fsp3) is 0.333. The van der Waals surface area contributed by atoms with Crippen molar-refractivity contribution in [1.29, 1.82) is 0 Å². The maximum Gasteiger partial charge on any atom is 0.573 e. The molecule has 2 aromatic carbocycles. The van der Waals surface area contributed by atoms with Gasteiger partial charge in [-0.1, -0.05) is 30.3 Å². The normalized spacial score (nSPS) is 19.3. The highest BCUT2D eigenvalue weighted by Crippen LogP contribution is 2.31. The summed E-state index contributed by atoms with van der Waals surface area (Å²) in [5, 5.41) is 0. The van der Waals surface area contributed by atoms with Crippen molar-refractivity contribution in [3.05, 3.63) is 60.2 Å². The van der Waals surface area contributed by atoms with Crippen LogP contribution in [0.3, 0.4) is 0 Å². The van der Waals surface area contributed by atoms with Gasteiger partial charge in [-0.3, -0.25) is 0 Å². The largest absolute Gasteiger partial charge is 0.573 e. The molecule has 4 nitrogen and oxygen atoms in total. The van der Waals surface area contributed by atoms with Crippen molar-refractivity contribution in [2.75, 3.05) is 13.1 Å². The van der Waals surface area contributed by atoms with Crippen LogP contribution in [0, 0.1) is 0 Å². The molecule has 1 fully saturated rings. The van der Waals surface area contributed by atoms with Gasteiger partial charge in [0.2, 0.25) is 10.0 Å². The van der Waals surface area contributed by atoms with Crippen molar-refractivity contribution in [1.82, 2.24) is 4.31 Å². The third-order valence-electron chi connectivity index (χ3n) is 4.35. The Morgan fingerprint density at radius 1 is 1.00 bits per heavy atom. The summed E-state index contributed by atoms with van der Waals surface area (Å²) in [5.74, 6) is -0.343. The lowest BCUT2D eigenvalue weighted by atomic mass is 9.92. The van der Waals surface area contributed by atoms with E-state index in [0.29, 0.717) is 13.1 Å². The van der Waals surface area contributed by atoms with Crippen molar-refractivity contribution < 1.29 is 26.3 Å². The van der Waals surface area contributed by atoms with Gasteiger partial charge < -0.3 is 4.74 Å². The van der Waals surface area contributed by atoms with Crippen LogP contribution in [0.1, 0.15) is 24.3 Å². The lowest BCUT2D eigenvalue weighted by Crippen LogP contribution is -2.39. The average Bonchev–Trinajstić information content (AvgIpc) is 2.62. The smallest absolute Gasteiger partial charge is 0.406 e. The molecule has 8 heteroatoms. The highest BCUT2D eigenvalue weighted by Gasteiger charge is 2.33. The number of rotatable bonds is 4. The van der Waals surface area contributed by atoms with Crippen LogP contribution in [-0.4, -0.2) is 32.2 Å². The number of benzene rings is 2. The van der Waals surface area contributed by atoms with Crippen molar-refractivity contribution in [3.8, 4) is 5.75 Å². The Morgan fingerprint density at radius 2 is 1.65 bits per heavy atom. The molecule has 1 atom stereocenters. The molecule has 0 aromatic heterocycles. The molecule has 0 aliphatic carbocycles. The van der Waals surface area contributed by atoms with Crippen LogP contribution in [0.25, 0.3) is 0 Å². The molecule has 1 aliphatic heterocycles. The number of alkyl halides is 3. The topological polar surface area (TPSA) is 46.6 Å². The quantitative estimate of drug-likeness (QED) is 0.794. The fourth-order valence-electron chi connectivity index (χ4n) is 3.12. The molecule has 0 radical (unpaired) electrons. The highest BCUT2D eigenvalue weighted by atomic mass is 32.2. The van der Waals surface area contributed by atoms with E-state index in [1.54, 1.807) is 0 Å². The summed E-state index contributed by atoms with van der Waals surface area (Å²) in [4.78, 5) is -0.0410. The minimum atomic E-state index is -4.81. The Bertz CT molecular complexity index is 836. The number of ether oxygens (including phenoxy) is 1. The molecule has 1 aliphatic rings. The third kappa shape index (κ3) is 4.37. The van der Waals surface area contributed by atoms with Gasteiger partial charge in [-0.05, 0) is 48.6 Å². The summed E-state index contributed by atoms with van der Waals surface area (Å²) in [6, 6.07) is 14.0. The zero-order chi connectivity index (χ0) is 18.8. The molecule has 0 amide bonds. The van der Waals surface area contributed by atoms with E-state index in [0.717, 1.165) is 42.7 Å². The molecule has 0 bridgehead atoms. The van der Waals surface area contributed by atoms with Gasteiger partial charge in [0.15, 0.2) is 0 Å². The van der Waals surface area contributed by atoms with Gasteiger partial charge in [0, 0.05) is 13.1 Å². The molecular formula is C18H18F3NO3S. The van der Waals surface area contributed by atoms with Crippen LogP contribution in [0.4, 0.5) is 13.2 Å². The second kappa shape index (κ2) is 7.28. The van der Waals surface area contributed by atoms with E-state index in [2.05, 4.69) is 4.74 Å². The summed E-state index contributed by atoms with van der Waals surface area (Å²) >= 11 is 0. The zero-order valence-corrected chi connectivity index (χ0v) is 14.6. The molecule has 0 spiro atoms. The van der Waals surface area contributed by atoms with Gasteiger partial charge in [0.25, 0.3) is 0 Å². The Labute approximate surface area is 150 Å². The van der Waals surface area contributed by atoms with Gasteiger partial charge in [0.05, 0.1) is 4.90 Å². The van der Waals surface area contributed by atoms with Gasteiger partial charge >= 0.3 is 6.36 Å². The van der Waals surface area contributed by atoms with Gasteiger partial charge in [-0.25, -0.2) is 8.42 Å². The van der Waals surface area contributed by atoms with Crippen LogP contribution in [0.5, 0.6) is 5.75 Å². The van der Waals surface area contributed by atoms with Crippen molar-refractivity contribution in [2.45, 2.75) is 30.0 Å². The van der Waals surface area contributed by atoms with E-state index in [1.807, 2.05) is 30.3 Å². The van der Waals surface area contributed by atoms with Crippen LogP contribution in [-0.2, 0) is 10.0 Å². The first-order chi connectivity index (χ1) is 12.3. The van der Waals surface area contributed by atoms with E-state index >= 15 is 0 Å². The maximum atomic E-state index is 12.8. The van der Waals surface area contributed by atoms with Crippen LogP contribution >= 0.6 is 0 Å². The molecule has 1 heterocycles. The molecule has 140 valence electrons. The van der Waals surface area contributed by atoms with E-state index < -0.39 is 22.1 Å². The van der Waals surface area contributed by atoms with E-state index in [1.165, 1.54) is 4.31 Å². The van der Waals surface area contributed by atoms with Crippen LogP contribution in [0.15, 0.2) is 59.5 Å². The van der Waals surface area contributed by atoms with Gasteiger partial charge in [-0.2, -0.15) is 4.31 Å². The minimum Gasteiger partial charge on any atom is -0.406 e. The Balaban J connectivity index is 1.77. The molecule has 0 unspecified atom stereocenters. The van der Waals surface area contributed by atoms with Crippen molar-refractivity contribution in [2.24, 2.45) is 0 Å². The number of hydrogen-bond donors (Lipinski definition) is 0. The lowest BCUT2D eigenvalue weighted by molar-refractivity contribution is -0.274. The molecular weight excluding hydrogens is 367 g/mol. The summed E-state index contributed by atoms with van der Waals surface area (Å²) in [7, 11) is -3.77. The maximum absolute atomic E-state index is 12.8. The number of halogens is 3. The second-order valence-electron chi connectivity index (χ2n) is 6.13. The molecule has 1 saturated heterocycles. The highest BCUT2D eigenvalue weighted by molar-refractivity contribution is 7.89. The minimum absolute atomic E-state index is 0.0410. The monoisotopic (exact) mass is 385 g/mol. The second-order valence-corrected chi connectivity index (χ2v) is 8.07. The summed E-state index contributed by atoms with van der Waals surface area (Å²) in [5.41, 5.74) is 1.08. The number of nitrogens with zero attached hydrogens (tertiary/aromatic N) is 1. The van der Waals surface area contributed by atoms with Crippen molar-refractivity contribution in [3.63, 3.8) is 0 Å². The number of hydrogen-bond acceptors (Lipinski definition) is 3. The van der Waals surface area contributed by atoms with Crippen LogP contribution in [0.2, 0.25) is 0 Å². The van der Waals surface area contributed by atoms with E-state index in [4.69, 9.17) is 0 Å². The molecule has 2 aromatic rings. The lowest BCUT2D eigenvalue weighted by Gasteiger charge is -2.32. The van der Waals surface area contributed by atoms with E-state index in [9.17, 15) is 21.6 Å². The Kier molecular flexibility index (Phi) is 5.24. The Morgan fingerprint density at radius 3 is 2.27 bits per heavy atom. The predicted molar refractivity (Wildman–Crippen MR) is 90.3 cm³/mol. The summed E-state index contributed by atoms with van der Waals surface area (Å²) < 4.78 is 67.5. The first-order valence-corrected chi connectivity index (χ1v) is 9.60. The number of piperidine rings is 1. The molecule has 26 heavy (non-hydrogen) atoms. The molecule has 3 rings (SSSR count). The average molecular weight is 385 g/mol. The molecule has 0 N–H and O–H groups in total. The van der Waals surface area contributed by atoms with Crippen LogP contribution < -0.4 is 4.74 Å². The number of sulfonamides is 1. The van der Waals surface area contributed by atoms with Crippen molar-refractivity contribution >= 4 is 10.0 Å². The third-order valence-corrected chi connectivity index (χ3v) is 6.23. The summed E-state index contributed by atoms with van der Waals surface area (Å²) in [6.07, 6.45) is -3.18. The SMILES string of the molecule is O=S(=O)(c1ccc(OC(F)(F)F)cc1)N1CCC[C@@H](c2ccccc2)C1. The standard InChI is InChI=1S/C18H18F3NO3S/c19-18(20,21)25-16-8-10-17(11-9-16)26(23,24)22-12-4-7-15(13-22)14-5-2-1-3-6-14/h1-3,5-6,8-11,15H,4,7,12-13H2/t15-/m1/s1. The van der Waals surface area contributed by atoms with E-state index in [-0.39, 0.29) is 10.8 Å². The molecule has 0 saturated carbocycles.